The van der Waals surface area contributed by atoms with Gasteiger partial charge in [-0.3, -0.25) is 4.90 Å². The molecule has 0 radical (unpaired) electrons. The summed E-state index contributed by atoms with van der Waals surface area (Å²) in [5, 5.41) is 17.7. The van der Waals surface area contributed by atoms with Crippen molar-refractivity contribution in [1.82, 2.24) is 15.1 Å². The van der Waals surface area contributed by atoms with Crippen LogP contribution in [0.4, 0.5) is 5.69 Å². The molecule has 1 aliphatic rings. The number of rotatable bonds is 5. The minimum atomic E-state index is 0.613. The molecule has 1 aliphatic heterocycles. The maximum absolute atomic E-state index is 9.54. The number of benzene rings is 1. The topological polar surface area (TPSA) is 56.1 Å². The van der Waals surface area contributed by atoms with Gasteiger partial charge in [0.2, 0.25) is 0 Å². The van der Waals surface area contributed by atoms with Gasteiger partial charge in [0.25, 0.3) is 0 Å². The molecule has 0 bridgehead atoms. The van der Waals surface area contributed by atoms with Crippen LogP contribution < -0.4 is 4.90 Å². The zero-order valence-corrected chi connectivity index (χ0v) is 15.7. The average molecular weight is 349 g/mol. The molecule has 2 aromatic rings. The molecule has 5 heteroatoms. The smallest absolute Gasteiger partial charge is 0.101 e. The summed E-state index contributed by atoms with van der Waals surface area (Å²) < 4.78 is 0. The number of nitrogens with zero attached hydrogens (tertiary/aromatic N) is 5. The molecule has 1 aromatic heterocycles. The fourth-order valence-electron chi connectivity index (χ4n) is 3.55. The Morgan fingerprint density at radius 3 is 2.77 bits per heavy atom. The molecule has 0 unspecified atom stereocenters. The van der Waals surface area contributed by atoms with Crippen molar-refractivity contribution < 1.29 is 0 Å². The minimum absolute atomic E-state index is 0.613. The fraction of sp³-hybridized carbons (Fsp3) is 0.476. The van der Waals surface area contributed by atoms with Crippen LogP contribution in [-0.2, 0) is 13.0 Å². The average Bonchev–Trinajstić information content (AvgIpc) is 2.87. The first-order valence-electron chi connectivity index (χ1n) is 9.42. The van der Waals surface area contributed by atoms with E-state index in [1.165, 1.54) is 5.56 Å². The van der Waals surface area contributed by atoms with Crippen LogP contribution in [-0.4, -0.2) is 41.3 Å². The van der Waals surface area contributed by atoms with Crippen LogP contribution in [0.2, 0.25) is 0 Å². The van der Waals surface area contributed by atoms with Crippen LogP contribution in [0, 0.1) is 17.2 Å². The summed E-state index contributed by atoms with van der Waals surface area (Å²) in [6.45, 7) is 9.22. The van der Waals surface area contributed by atoms with Gasteiger partial charge >= 0.3 is 0 Å². The fourth-order valence-corrected chi connectivity index (χ4v) is 3.55. The Morgan fingerprint density at radius 1 is 1.15 bits per heavy atom. The van der Waals surface area contributed by atoms with Crippen molar-refractivity contribution in [2.45, 2.75) is 33.2 Å². The zero-order valence-electron chi connectivity index (χ0n) is 15.7. The van der Waals surface area contributed by atoms with Crippen LogP contribution in [0.1, 0.15) is 37.1 Å². The molecule has 0 N–H and O–H groups in total. The first kappa shape index (κ1) is 18.3. The van der Waals surface area contributed by atoms with Crippen molar-refractivity contribution in [2.24, 2.45) is 5.92 Å². The van der Waals surface area contributed by atoms with Crippen LogP contribution in [0.25, 0.3) is 0 Å². The lowest BCUT2D eigenvalue weighted by atomic mass is 10.00. The van der Waals surface area contributed by atoms with Crippen molar-refractivity contribution >= 4 is 5.69 Å². The van der Waals surface area contributed by atoms with Gasteiger partial charge in [-0.2, -0.15) is 15.5 Å². The molecule has 3 rings (SSSR count). The Morgan fingerprint density at radius 2 is 2.04 bits per heavy atom. The lowest BCUT2D eigenvalue weighted by Crippen LogP contribution is -2.31. The highest BCUT2D eigenvalue weighted by Gasteiger charge is 2.18. The molecule has 1 fully saturated rings. The number of hydrogen-bond donors (Lipinski definition) is 0. The second-order valence-electron chi connectivity index (χ2n) is 7.39. The summed E-state index contributed by atoms with van der Waals surface area (Å²) in [6, 6.07) is 12.6. The standard InChI is InChI=1S/C21H27N5/c1-17(2)13-18-6-7-19(15-22)21(14-18)26-10-4-9-25(11-12-26)16-20-5-3-8-23-24-20/h3,5-8,14,17H,4,9-13,16H2,1-2H3. The van der Waals surface area contributed by atoms with E-state index in [9.17, 15) is 5.26 Å². The zero-order chi connectivity index (χ0) is 18.4. The molecule has 0 amide bonds. The van der Waals surface area contributed by atoms with Crippen molar-refractivity contribution in [1.29, 1.82) is 5.26 Å². The lowest BCUT2D eigenvalue weighted by Gasteiger charge is -2.25. The molecule has 0 saturated carbocycles. The molecule has 1 saturated heterocycles. The molecule has 5 nitrogen and oxygen atoms in total. The summed E-state index contributed by atoms with van der Waals surface area (Å²) in [7, 11) is 0. The van der Waals surface area contributed by atoms with Gasteiger partial charge in [0.05, 0.1) is 16.9 Å². The van der Waals surface area contributed by atoms with Crippen LogP contribution in [0.3, 0.4) is 0 Å². The van der Waals surface area contributed by atoms with E-state index in [0.717, 1.165) is 62.5 Å². The van der Waals surface area contributed by atoms with Gasteiger partial charge in [0, 0.05) is 38.9 Å². The minimum Gasteiger partial charge on any atom is -0.369 e. The van der Waals surface area contributed by atoms with E-state index >= 15 is 0 Å². The third-order valence-electron chi connectivity index (χ3n) is 4.77. The number of hydrogen-bond acceptors (Lipinski definition) is 5. The monoisotopic (exact) mass is 349 g/mol. The third kappa shape index (κ3) is 4.80. The first-order chi connectivity index (χ1) is 12.7. The van der Waals surface area contributed by atoms with E-state index in [4.69, 9.17) is 0 Å². The quantitative estimate of drug-likeness (QED) is 0.829. The maximum atomic E-state index is 9.54. The Balaban J connectivity index is 1.71. The highest BCUT2D eigenvalue weighted by Crippen LogP contribution is 2.25. The van der Waals surface area contributed by atoms with Gasteiger partial charge in [-0.15, -0.1) is 0 Å². The molecule has 0 spiro atoms. The Labute approximate surface area is 156 Å². The van der Waals surface area contributed by atoms with Gasteiger partial charge in [0.1, 0.15) is 6.07 Å². The molecule has 0 aliphatic carbocycles. The van der Waals surface area contributed by atoms with E-state index in [2.05, 4.69) is 52.0 Å². The Kier molecular flexibility index (Phi) is 6.19. The lowest BCUT2D eigenvalue weighted by molar-refractivity contribution is 0.281. The van der Waals surface area contributed by atoms with Crippen molar-refractivity contribution in [3.05, 3.63) is 53.3 Å². The second-order valence-corrected chi connectivity index (χ2v) is 7.39. The van der Waals surface area contributed by atoms with E-state index in [1.807, 2.05) is 18.2 Å². The van der Waals surface area contributed by atoms with Gasteiger partial charge in [0.15, 0.2) is 0 Å². The molecule has 1 aromatic carbocycles. The summed E-state index contributed by atoms with van der Waals surface area (Å²) in [5.74, 6) is 0.613. The van der Waals surface area contributed by atoms with E-state index in [1.54, 1.807) is 6.20 Å². The maximum Gasteiger partial charge on any atom is 0.101 e. The third-order valence-corrected chi connectivity index (χ3v) is 4.77. The predicted octanol–water partition coefficient (Wildman–Crippen LogP) is 3.26. The largest absolute Gasteiger partial charge is 0.369 e. The van der Waals surface area contributed by atoms with Gasteiger partial charge in [-0.25, -0.2) is 0 Å². The van der Waals surface area contributed by atoms with E-state index in [0.29, 0.717) is 5.92 Å². The highest BCUT2D eigenvalue weighted by molar-refractivity contribution is 5.61. The summed E-state index contributed by atoms with van der Waals surface area (Å²) >= 11 is 0. The summed E-state index contributed by atoms with van der Waals surface area (Å²) in [6.07, 6.45) is 3.84. The summed E-state index contributed by atoms with van der Waals surface area (Å²) in [5.41, 5.74) is 4.19. The molecule has 136 valence electrons. The van der Waals surface area contributed by atoms with Gasteiger partial charge < -0.3 is 4.90 Å². The molecule has 26 heavy (non-hydrogen) atoms. The van der Waals surface area contributed by atoms with Gasteiger partial charge in [-0.05, 0) is 48.6 Å². The molecule has 2 heterocycles. The SMILES string of the molecule is CC(C)Cc1ccc(C#N)c(N2CCCN(Cc3cccnn3)CC2)c1. The Bertz CT molecular complexity index is 751. The second kappa shape index (κ2) is 8.77. The Hall–Kier alpha value is -2.45. The summed E-state index contributed by atoms with van der Waals surface area (Å²) in [4.78, 5) is 4.80. The van der Waals surface area contributed by atoms with Crippen molar-refractivity contribution in [2.75, 3.05) is 31.1 Å². The van der Waals surface area contributed by atoms with Crippen molar-refractivity contribution in [3.63, 3.8) is 0 Å². The number of aromatic nitrogens is 2. The first-order valence-corrected chi connectivity index (χ1v) is 9.42. The van der Waals surface area contributed by atoms with Gasteiger partial charge in [-0.1, -0.05) is 19.9 Å². The number of anilines is 1. The highest BCUT2D eigenvalue weighted by atomic mass is 15.2. The van der Waals surface area contributed by atoms with Crippen LogP contribution >= 0.6 is 0 Å². The van der Waals surface area contributed by atoms with Crippen LogP contribution in [0.5, 0.6) is 0 Å². The van der Waals surface area contributed by atoms with E-state index < -0.39 is 0 Å². The predicted molar refractivity (Wildman–Crippen MR) is 104 cm³/mol. The molecular formula is C21H27N5. The molecular weight excluding hydrogens is 322 g/mol. The normalized spacial score (nSPS) is 15.7. The van der Waals surface area contributed by atoms with E-state index in [-0.39, 0.29) is 0 Å². The van der Waals surface area contributed by atoms with Crippen molar-refractivity contribution in [3.8, 4) is 6.07 Å². The van der Waals surface area contributed by atoms with Crippen LogP contribution in [0.15, 0.2) is 36.5 Å². The molecule has 0 atom stereocenters. The number of nitriles is 1.